The zero-order chi connectivity index (χ0) is 24.3. The van der Waals surface area contributed by atoms with Gasteiger partial charge >= 0.3 is 6.03 Å². The lowest BCUT2D eigenvalue weighted by atomic mass is 10.0. The molecule has 5 N–H and O–H groups in total. The third-order valence-corrected chi connectivity index (χ3v) is 6.81. The largest absolute Gasteiger partial charge is 0.368 e. The predicted molar refractivity (Wildman–Crippen MR) is 124 cm³/mol. The van der Waals surface area contributed by atoms with Crippen LogP contribution in [-0.4, -0.2) is 84.5 Å². The van der Waals surface area contributed by atoms with E-state index in [0.29, 0.717) is 0 Å². The zero-order valence-corrected chi connectivity index (χ0v) is 19.7. The number of primary amides is 1. The van der Waals surface area contributed by atoms with E-state index in [0.717, 1.165) is 27.0 Å². The number of sulfonamides is 1. The summed E-state index contributed by atoms with van der Waals surface area (Å²) in [6, 6.07) is 4.77. The molecule has 11 nitrogen and oxygen atoms in total. The van der Waals surface area contributed by atoms with E-state index in [1.807, 2.05) is 24.3 Å². The Morgan fingerprint density at radius 3 is 2.52 bits per heavy atom. The van der Waals surface area contributed by atoms with Crippen molar-refractivity contribution in [3.8, 4) is 0 Å². The Hall–Kier alpha value is -3.12. The molecule has 1 aliphatic rings. The minimum absolute atomic E-state index is 0.0356. The van der Waals surface area contributed by atoms with Gasteiger partial charge in [0, 0.05) is 49.2 Å². The Balaban J connectivity index is 1.80. The molecule has 0 aliphatic carbocycles. The van der Waals surface area contributed by atoms with Crippen LogP contribution in [0.2, 0.25) is 0 Å². The van der Waals surface area contributed by atoms with E-state index in [2.05, 4.69) is 15.6 Å². The number of fused-ring (bicyclic) bond motifs is 1. The number of rotatable bonds is 7. The average Bonchev–Trinajstić information content (AvgIpc) is 3.14. The van der Waals surface area contributed by atoms with Crippen molar-refractivity contribution in [3.63, 3.8) is 0 Å². The molecular weight excluding hydrogens is 448 g/mol. The van der Waals surface area contributed by atoms with Gasteiger partial charge in [0.25, 0.3) is 0 Å². The summed E-state index contributed by atoms with van der Waals surface area (Å²) in [4.78, 5) is 42.2. The van der Waals surface area contributed by atoms with Crippen molar-refractivity contribution in [1.82, 2.24) is 24.8 Å². The molecule has 4 amide bonds. The molecule has 1 aromatic carbocycles. The lowest BCUT2D eigenvalue weighted by molar-refractivity contribution is -0.130. The summed E-state index contributed by atoms with van der Waals surface area (Å²) in [5.41, 5.74) is 7.22. The van der Waals surface area contributed by atoms with Crippen LogP contribution in [0.15, 0.2) is 30.5 Å². The Morgan fingerprint density at radius 2 is 1.88 bits per heavy atom. The number of hydrogen-bond donors (Lipinski definition) is 4. The number of carbonyl (C=O) groups is 3. The predicted octanol–water partition coefficient (Wildman–Crippen LogP) is -0.256. The van der Waals surface area contributed by atoms with E-state index >= 15 is 0 Å². The van der Waals surface area contributed by atoms with Crippen LogP contribution in [0, 0.1) is 0 Å². The van der Waals surface area contributed by atoms with Gasteiger partial charge in [-0.05, 0) is 25.5 Å². The van der Waals surface area contributed by atoms with Crippen molar-refractivity contribution in [1.29, 1.82) is 0 Å². The zero-order valence-electron chi connectivity index (χ0n) is 18.9. The number of amides is 4. The first-order valence-electron chi connectivity index (χ1n) is 10.6. The Labute approximate surface area is 192 Å². The standard InChI is InChI=1S/C21H30N6O5S/c1-13(2)24-21(30)26-8-9-27(33(3,31)32)18(12-26)20(29)25-17(19(22)28)10-14-11-23-16-7-5-4-6-15(14)16/h4-7,11,13,17-18,23H,8-10,12H2,1-3H3,(H2,22,28)(H,24,30)(H,25,29)/t17-,18-/m1/s1. The smallest absolute Gasteiger partial charge is 0.317 e. The molecule has 12 heteroatoms. The summed E-state index contributed by atoms with van der Waals surface area (Å²) >= 11 is 0. The minimum Gasteiger partial charge on any atom is -0.368 e. The SMILES string of the molecule is CC(C)NC(=O)N1CCN(S(C)(=O)=O)[C@@H](C(=O)N[C@H](Cc2c[nH]c3ccccc23)C(N)=O)C1. The number of piperazine rings is 1. The van der Waals surface area contributed by atoms with E-state index < -0.39 is 33.9 Å². The van der Waals surface area contributed by atoms with E-state index in [1.165, 1.54) is 4.90 Å². The number of nitrogens with one attached hydrogen (secondary N) is 3. The van der Waals surface area contributed by atoms with Crippen LogP contribution in [-0.2, 0) is 26.0 Å². The number of hydrogen-bond acceptors (Lipinski definition) is 5. The molecule has 0 saturated carbocycles. The van der Waals surface area contributed by atoms with Crippen LogP contribution in [0.5, 0.6) is 0 Å². The van der Waals surface area contributed by atoms with Crippen LogP contribution in [0.4, 0.5) is 4.79 Å². The van der Waals surface area contributed by atoms with E-state index in [9.17, 15) is 22.8 Å². The maximum Gasteiger partial charge on any atom is 0.317 e. The summed E-state index contributed by atoms with van der Waals surface area (Å²) < 4.78 is 25.7. The van der Waals surface area contributed by atoms with Crippen molar-refractivity contribution in [2.24, 2.45) is 5.73 Å². The molecule has 2 heterocycles. The summed E-state index contributed by atoms with van der Waals surface area (Å²) in [5.74, 6) is -1.43. The van der Waals surface area contributed by atoms with Gasteiger partial charge in [0.05, 0.1) is 6.26 Å². The lowest BCUT2D eigenvalue weighted by Crippen LogP contribution is -2.64. The van der Waals surface area contributed by atoms with Crippen LogP contribution in [0.1, 0.15) is 19.4 Å². The van der Waals surface area contributed by atoms with Crippen molar-refractivity contribution in [2.75, 3.05) is 25.9 Å². The van der Waals surface area contributed by atoms with Crippen LogP contribution >= 0.6 is 0 Å². The number of para-hydroxylation sites is 1. The van der Waals surface area contributed by atoms with Gasteiger partial charge in [0.15, 0.2) is 0 Å². The van der Waals surface area contributed by atoms with Crippen molar-refractivity contribution >= 4 is 38.8 Å². The minimum atomic E-state index is -3.73. The molecule has 0 unspecified atom stereocenters. The summed E-state index contributed by atoms with van der Waals surface area (Å²) in [6.07, 6.45) is 2.89. The molecule has 2 atom stereocenters. The van der Waals surface area contributed by atoms with Crippen molar-refractivity contribution in [3.05, 3.63) is 36.0 Å². The van der Waals surface area contributed by atoms with E-state index in [1.54, 1.807) is 20.0 Å². The Bertz CT molecular complexity index is 1140. The van der Waals surface area contributed by atoms with Crippen LogP contribution in [0.3, 0.4) is 0 Å². The lowest BCUT2D eigenvalue weighted by Gasteiger charge is -2.39. The number of nitrogens with two attached hydrogens (primary N) is 1. The molecule has 3 rings (SSSR count). The van der Waals surface area contributed by atoms with Gasteiger partial charge in [-0.3, -0.25) is 9.59 Å². The highest BCUT2D eigenvalue weighted by molar-refractivity contribution is 7.88. The normalized spacial score (nSPS) is 18.3. The number of nitrogens with zero attached hydrogens (tertiary/aromatic N) is 2. The molecule has 0 bridgehead atoms. The van der Waals surface area contributed by atoms with E-state index in [4.69, 9.17) is 5.73 Å². The molecule has 1 fully saturated rings. The summed E-state index contributed by atoms with van der Waals surface area (Å²) in [5, 5.41) is 6.23. The molecule has 180 valence electrons. The van der Waals surface area contributed by atoms with Crippen molar-refractivity contribution in [2.45, 2.75) is 38.4 Å². The van der Waals surface area contributed by atoms with Gasteiger partial charge in [-0.15, -0.1) is 0 Å². The van der Waals surface area contributed by atoms with Gasteiger partial charge in [0.1, 0.15) is 12.1 Å². The third-order valence-electron chi connectivity index (χ3n) is 5.52. The number of benzene rings is 1. The topological polar surface area (TPSA) is 158 Å². The first-order valence-corrected chi connectivity index (χ1v) is 12.5. The number of aromatic nitrogens is 1. The maximum atomic E-state index is 13.2. The molecule has 1 aliphatic heterocycles. The van der Waals surface area contributed by atoms with Gasteiger partial charge in [-0.2, -0.15) is 4.31 Å². The molecule has 1 saturated heterocycles. The van der Waals surface area contributed by atoms with Crippen LogP contribution < -0.4 is 16.4 Å². The van der Waals surface area contributed by atoms with Gasteiger partial charge in [-0.1, -0.05) is 18.2 Å². The highest BCUT2D eigenvalue weighted by Crippen LogP contribution is 2.20. The molecular formula is C21H30N6O5S. The average molecular weight is 479 g/mol. The van der Waals surface area contributed by atoms with E-state index in [-0.39, 0.29) is 38.1 Å². The number of aromatic amines is 1. The van der Waals surface area contributed by atoms with Crippen LogP contribution in [0.25, 0.3) is 10.9 Å². The highest BCUT2D eigenvalue weighted by atomic mass is 32.2. The first-order chi connectivity index (χ1) is 15.5. The molecule has 0 spiro atoms. The maximum absolute atomic E-state index is 13.2. The second-order valence-corrected chi connectivity index (χ2v) is 10.4. The molecule has 1 aromatic heterocycles. The fraction of sp³-hybridized carbons (Fsp3) is 0.476. The second-order valence-electron chi connectivity index (χ2n) is 8.47. The second kappa shape index (κ2) is 9.79. The number of carbonyl (C=O) groups excluding carboxylic acids is 3. The Kier molecular flexibility index (Phi) is 7.28. The quantitative estimate of drug-likeness (QED) is 0.431. The molecule has 33 heavy (non-hydrogen) atoms. The summed E-state index contributed by atoms with van der Waals surface area (Å²) in [6.45, 7) is 3.57. The fourth-order valence-electron chi connectivity index (χ4n) is 3.91. The van der Waals surface area contributed by atoms with Gasteiger partial charge in [0.2, 0.25) is 21.8 Å². The third kappa shape index (κ3) is 5.82. The van der Waals surface area contributed by atoms with Gasteiger partial charge in [-0.25, -0.2) is 13.2 Å². The molecule has 2 aromatic rings. The summed E-state index contributed by atoms with van der Waals surface area (Å²) in [7, 11) is -3.73. The highest BCUT2D eigenvalue weighted by Gasteiger charge is 2.40. The Morgan fingerprint density at radius 1 is 1.18 bits per heavy atom. The van der Waals surface area contributed by atoms with Crippen molar-refractivity contribution < 1.29 is 22.8 Å². The first kappa shape index (κ1) is 24.5. The monoisotopic (exact) mass is 478 g/mol. The fourth-order valence-corrected chi connectivity index (χ4v) is 4.95. The number of urea groups is 1. The molecule has 0 radical (unpaired) electrons. The van der Waals surface area contributed by atoms with Gasteiger partial charge < -0.3 is 26.3 Å². The number of H-pyrrole nitrogens is 1.